The number of amides is 3. The van der Waals surface area contributed by atoms with Crippen molar-refractivity contribution in [3.8, 4) is 5.69 Å². The number of tetrazole rings is 1. The summed E-state index contributed by atoms with van der Waals surface area (Å²) in [4.78, 5) is 53.6. The summed E-state index contributed by atoms with van der Waals surface area (Å²) < 4.78 is 1.52. The van der Waals surface area contributed by atoms with E-state index in [1.54, 1.807) is 6.08 Å². The van der Waals surface area contributed by atoms with E-state index in [-0.39, 0.29) is 23.3 Å². The van der Waals surface area contributed by atoms with Crippen LogP contribution in [0.2, 0.25) is 0 Å². The van der Waals surface area contributed by atoms with Crippen molar-refractivity contribution in [3.63, 3.8) is 0 Å². The minimum atomic E-state index is -1.23. The number of carbonyl (C=O) groups excluding carboxylic acids is 3. The molecule has 4 aliphatic rings. The first-order chi connectivity index (χ1) is 18.4. The molecule has 4 heterocycles. The van der Waals surface area contributed by atoms with Gasteiger partial charge in [0.25, 0.3) is 5.91 Å². The Hall–Kier alpha value is -3.65. The standard InChI is InChI=1S/C24H23N7O5S2/c32-17(12-38-24-26-27-28-31(24)16-4-2-1-3-5-16)25-18-21(34)30-19(23(35)36)14(11-37-22(18)30)10-13-8-9-29(20(13)33)15-6-7-15/h1-5,10,15,18,22H,6-9,11-12H2,(H,25,32)(H,35,36)/b13-10+/t18-,22-/m1/s1. The number of likely N-dealkylation sites (tertiary alicyclic amines) is 1. The number of benzene rings is 1. The summed E-state index contributed by atoms with van der Waals surface area (Å²) in [6.45, 7) is 0.646. The fourth-order valence-corrected chi connectivity index (χ4v) is 6.82. The van der Waals surface area contributed by atoms with Gasteiger partial charge in [0, 0.05) is 23.9 Å². The lowest BCUT2D eigenvalue weighted by atomic mass is 10.0. The Morgan fingerprint density at radius 3 is 2.74 bits per heavy atom. The van der Waals surface area contributed by atoms with Crippen molar-refractivity contribution >= 4 is 47.2 Å². The summed E-state index contributed by atoms with van der Waals surface area (Å²) in [5, 5.41) is 24.1. The van der Waals surface area contributed by atoms with Crippen molar-refractivity contribution in [1.29, 1.82) is 0 Å². The fraction of sp³-hybridized carbons (Fsp3) is 0.375. The second kappa shape index (κ2) is 9.91. The average Bonchev–Trinajstić information content (AvgIpc) is 3.54. The van der Waals surface area contributed by atoms with Gasteiger partial charge in [-0.1, -0.05) is 30.0 Å². The summed E-state index contributed by atoms with van der Waals surface area (Å²) in [5.74, 6) is -1.85. The van der Waals surface area contributed by atoms with Gasteiger partial charge in [0.2, 0.25) is 17.0 Å². The van der Waals surface area contributed by atoms with Gasteiger partial charge >= 0.3 is 5.97 Å². The zero-order valence-corrected chi connectivity index (χ0v) is 21.7. The van der Waals surface area contributed by atoms with Crippen LogP contribution in [0.25, 0.3) is 5.69 Å². The Balaban J connectivity index is 1.11. The number of hydrogen-bond donors (Lipinski definition) is 2. The van der Waals surface area contributed by atoms with Crippen LogP contribution in [-0.4, -0.2) is 94.3 Å². The topological polar surface area (TPSA) is 151 Å². The van der Waals surface area contributed by atoms with Crippen molar-refractivity contribution in [2.75, 3.05) is 18.1 Å². The third-order valence-corrected chi connectivity index (χ3v) is 9.01. The largest absolute Gasteiger partial charge is 0.477 e. The Labute approximate surface area is 225 Å². The number of aromatic nitrogens is 4. The molecule has 0 radical (unpaired) electrons. The Bertz CT molecular complexity index is 1390. The highest BCUT2D eigenvalue weighted by Gasteiger charge is 2.54. The number of rotatable bonds is 8. The van der Waals surface area contributed by atoms with Crippen molar-refractivity contribution in [1.82, 2.24) is 35.3 Å². The van der Waals surface area contributed by atoms with Crippen LogP contribution in [0.1, 0.15) is 19.3 Å². The number of aliphatic carboxylic acids is 1. The Kier molecular flexibility index (Phi) is 6.43. The minimum Gasteiger partial charge on any atom is -0.477 e. The summed E-state index contributed by atoms with van der Waals surface area (Å²) in [6, 6.07) is 8.72. The van der Waals surface area contributed by atoms with E-state index >= 15 is 0 Å². The number of para-hydroxylation sites is 1. The first-order valence-corrected chi connectivity index (χ1v) is 14.1. The van der Waals surface area contributed by atoms with Gasteiger partial charge in [0.05, 0.1) is 11.4 Å². The van der Waals surface area contributed by atoms with Gasteiger partial charge in [-0.25, -0.2) is 4.79 Å². The maximum Gasteiger partial charge on any atom is 0.352 e. The molecule has 0 spiro atoms. The highest BCUT2D eigenvalue weighted by Crippen LogP contribution is 2.42. The zero-order chi connectivity index (χ0) is 26.4. The molecule has 6 rings (SSSR count). The minimum absolute atomic E-state index is 0.0209. The van der Waals surface area contributed by atoms with E-state index in [0.717, 1.165) is 30.3 Å². The van der Waals surface area contributed by atoms with Crippen LogP contribution in [-0.2, 0) is 19.2 Å². The van der Waals surface area contributed by atoms with Crippen molar-refractivity contribution in [2.24, 2.45) is 0 Å². The number of thioether (sulfide) groups is 2. The number of β-lactam (4-membered cyclic amide) rings is 1. The lowest BCUT2D eigenvalue weighted by molar-refractivity contribution is -0.150. The quantitative estimate of drug-likeness (QED) is 0.273. The van der Waals surface area contributed by atoms with Gasteiger partial charge in [0.15, 0.2) is 0 Å². The number of carboxylic acid groups (broad SMARTS) is 1. The van der Waals surface area contributed by atoms with E-state index < -0.39 is 23.3 Å². The highest BCUT2D eigenvalue weighted by molar-refractivity contribution is 8.00. The monoisotopic (exact) mass is 553 g/mol. The zero-order valence-electron chi connectivity index (χ0n) is 20.0. The van der Waals surface area contributed by atoms with E-state index in [4.69, 9.17) is 0 Å². The number of hydrogen-bond acceptors (Lipinski definition) is 9. The first kappa shape index (κ1) is 24.7. The molecule has 2 saturated heterocycles. The average molecular weight is 554 g/mol. The fourth-order valence-electron chi connectivity index (χ4n) is 4.81. The molecule has 2 atom stereocenters. The van der Waals surface area contributed by atoms with Gasteiger partial charge in [0.1, 0.15) is 17.1 Å². The molecule has 1 aromatic carbocycles. The number of nitrogens with zero attached hydrogens (tertiary/aromatic N) is 6. The van der Waals surface area contributed by atoms with Gasteiger partial charge in [-0.3, -0.25) is 19.3 Å². The van der Waals surface area contributed by atoms with Crippen LogP contribution in [0.15, 0.2) is 58.4 Å². The lowest BCUT2D eigenvalue weighted by Gasteiger charge is -2.49. The number of carbonyl (C=O) groups is 4. The summed E-state index contributed by atoms with van der Waals surface area (Å²) in [5.41, 5.74) is 1.66. The molecule has 14 heteroatoms. The van der Waals surface area contributed by atoms with Crippen molar-refractivity contribution in [2.45, 2.75) is 41.9 Å². The van der Waals surface area contributed by atoms with E-state index in [0.29, 0.717) is 41.1 Å². The molecule has 3 aliphatic heterocycles. The third-order valence-electron chi connectivity index (χ3n) is 6.78. The van der Waals surface area contributed by atoms with E-state index in [1.807, 2.05) is 35.2 Å². The van der Waals surface area contributed by atoms with Crippen LogP contribution in [0, 0.1) is 0 Å². The molecule has 1 saturated carbocycles. The lowest BCUT2D eigenvalue weighted by Crippen LogP contribution is -2.70. The van der Waals surface area contributed by atoms with Crippen LogP contribution < -0.4 is 5.32 Å². The predicted molar refractivity (Wildman–Crippen MR) is 137 cm³/mol. The molecule has 12 nitrogen and oxygen atoms in total. The smallest absolute Gasteiger partial charge is 0.352 e. The van der Waals surface area contributed by atoms with Crippen LogP contribution in [0.3, 0.4) is 0 Å². The van der Waals surface area contributed by atoms with Gasteiger partial charge in [-0.15, -0.1) is 16.9 Å². The van der Waals surface area contributed by atoms with Crippen molar-refractivity contribution < 1.29 is 24.3 Å². The SMILES string of the molecule is O=C(CSc1nnnn1-c1ccccc1)N[C@@H]1C(=O)N2C(C(=O)O)=C(/C=C3\CCN(C4CC4)C3=O)CS[C@H]12. The van der Waals surface area contributed by atoms with E-state index in [2.05, 4.69) is 20.8 Å². The van der Waals surface area contributed by atoms with Gasteiger partial charge in [-0.05, 0) is 53.5 Å². The maximum atomic E-state index is 13.0. The Morgan fingerprint density at radius 1 is 1.21 bits per heavy atom. The molecular formula is C24H23N7O5S2. The first-order valence-electron chi connectivity index (χ1n) is 12.1. The van der Waals surface area contributed by atoms with E-state index in [1.165, 1.54) is 21.3 Å². The molecular weight excluding hydrogens is 530 g/mol. The number of carboxylic acids is 1. The van der Waals surface area contributed by atoms with E-state index in [9.17, 15) is 24.3 Å². The molecule has 38 heavy (non-hydrogen) atoms. The molecule has 196 valence electrons. The second-order valence-corrected chi connectivity index (χ2v) is 11.3. The molecule has 3 fully saturated rings. The summed E-state index contributed by atoms with van der Waals surface area (Å²) >= 11 is 2.50. The van der Waals surface area contributed by atoms with Crippen LogP contribution in [0.5, 0.6) is 0 Å². The summed E-state index contributed by atoms with van der Waals surface area (Å²) in [7, 11) is 0. The molecule has 0 unspecified atom stereocenters. The van der Waals surface area contributed by atoms with Gasteiger partial charge < -0.3 is 15.3 Å². The van der Waals surface area contributed by atoms with Crippen LogP contribution >= 0.6 is 23.5 Å². The Morgan fingerprint density at radius 2 is 2.00 bits per heavy atom. The van der Waals surface area contributed by atoms with Crippen LogP contribution in [0.4, 0.5) is 0 Å². The maximum absolute atomic E-state index is 13.0. The number of fused-ring (bicyclic) bond motifs is 1. The molecule has 1 aromatic heterocycles. The number of nitrogens with one attached hydrogen (secondary N) is 1. The van der Waals surface area contributed by atoms with Gasteiger partial charge in [-0.2, -0.15) is 4.68 Å². The molecule has 2 N–H and O–H groups in total. The molecule has 1 aliphatic carbocycles. The van der Waals surface area contributed by atoms with Crippen molar-refractivity contribution in [3.05, 3.63) is 53.3 Å². The number of allylic oxidation sites excluding steroid dienone is 1. The third kappa shape index (κ3) is 4.47. The highest BCUT2D eigenvalue weighted by atomic mass is 32.2. The molecule has 2 aromatic rings. The second-order valence-electron chi connectivity index (χ2n) is 9.28. The molecule has 0 bridgehead atoms. The predicted octanol–water partition coefficient (Wildman–Crippen LogP) is 0.814. The summed E-state index contributed by atoms with van der Waals surface area (Å²) in [6.07, 6.45) is 4.23. The normalized spacial score (nSPS) is 24.1. The molecule has 3 amide bonds.